The Hall–Kier alpha value is -2.23. The molecule has 0 radical (unpaired) electrons. The van der Waals surface area contributed by atoms with Gasteiger partial charge in [0, 0.05) is 12.4 Å². The summed E-state index contributed by atoms with van der Waals surface area (Å²) in [4.78, 5) is 18.2. The molecular formula is C12H10N2O2. The predicted octanol–water partition coefficient (Wildman–Crippen LogP) is 1.87. The van der Waals surface area contributed by atoms with E-state index in [1.807, 2.05) is 12.1 Å². The fourth-order valence-corrected chi connectivity index (χ4v) is 1.19. The zero-order valence-electron chi connectivity index (χ0n) is 8.54. The van der Waals surface area contributed by atoms with Gasteiger partial charge < -0.3 is 4.74 Å². The number of aldehydes is 1. The normalized spacial score (nSPS) is 9.75. The van der Waals surface area contributed by atoms with Crippen LogP contribution < -0.4 is 4.74 Å². The van der Waals surface area contributed by atoms with Crippen molar-refractivity contribution < 1.29 is 9.53 Å². The van der Waals surface area contributed by atoms with Crippen molar-refractivity contribution in [1.82, 2.24) is 9.97 Å². The van der Waals surface area contributed by atoms with E-state index in [4.69, 9.17) is 4.74 Å². The molecular weight excluding hydrogens is 204 g/mol. The fraction of sp³-hybridized carbons (Fsp3) is 0.0833. The third kappa shape index (κ3) is 2.63. The second-order valence-electron chi connectivity index (χ2n) is 3.18. The first-order valence-corrected chi connectivity index (χ1v) is 4.81. The summed E-state index contributed by atoms with van der Waals surface area (Å²) in [6, 6.07) is 7.10. The lowest BCUT2D eigenvalue weighted by Gasteiger charge is -2.05. The van der Waals surface area contributed by atoms with E-state index in [0.29, 0.717) is 24.3 Å². The first kappa shape index (κ1) is 10.3. The third-order valence-electron chi connectivity index (χ3n) is 2.03. The molecule has 0 aliphatic carbocycles. The zero-order valence-corrected chi connectivity index (χ0v) is 8.54. The van der Waals surface area contributed by atoms with E-state index in [9.17, 15) is 4.79 Å². The lowest BCUT2D eigenvalue weighted by molar-refractivity contribution is 0.111. The van der Waals surface area contributed by atoms with Gasteiger partial charge in [-0.1, -0.05) is 0 Å². The van der Waals surface area contributed by atoms with Gasteiger partial charge in [0.05, 0.1) is 6.20 Å². The Morgan fingerprint density at radius 2 is 2.00 bits per heavy atom. The monoisotopic (exact) mass is 214 g/mol. The van der Waals surface area contributed by atoms with E-state index in [1.54, 1.807) is 24.5 Å². The van der Waals surface area contributed by atoms with Gasteiger partial charge in [0.15, 0.2) is 6.29 Å². The molecule has 0 unspecified atom stereocenters. The van der Waals surface area contributed by atoms with E-state index in [0.717, 1.165) is 5.56 Å². The van der Waals surface area contributed by atoms with E-state index in [2.05, 4.69) is 9.97 Å². The van der Waals surface area contributed by atoms with Crippen LogP contribution in [0.2, 0.25) is 0 Å². The first-order valence-electron chi connectivity index (χ1n) is 4.81. The second-order valence-corrected chi connectivity index (χ2v) is 3.18. The molecule has 0 aliphatic heterocycles. The highest BCUT2D eigenvalue weighted by molar-refractivity contribution is 5.71. The van der Waals surface area contributed by atoms with Gasteiger partial charge in [0.1, 0.15) is 18.1 Å². The van der Waals surface area contributed by atoms with Crippen LogP contribution in [0.15, 0.2) is 42.9 Å². The lowest BCUT2D eigenvalue weighted by Crippen LogP contribution is -1.96. The Morgan fingerprint density at radius 3 is 2.62 bits per heavy atom. The number of carbonyl (C=O) groups is 1. The van der Waals surface area contributed by atoms with Crippen LogP contribution in [-0.2, 0) is 6.61 Å². The number of hydrogen-bond donors (Lipinski definition) is 0. The molecule has 2 rings (SSSR count). The molecule has 0 atom stereocenters. The van der Waals surface area contributed by atoms with Crippen LogP contribution in [0.3, 0.4) is 0 Å². The molecule has 4 heteroatoms. The van der Waals surface area contributed by atoms with Gasteiger partial charge in [-0.15, -0.1) is 0 Å². The van der Waals surface area contributed by atoms with Gasteiger partial charge in [-0.25, -0.2) is 4.98 Å². The molecule has 2 aromatic heterocycles. The third-order valence-corrected chi connectivity index (χ3v) is 2.03. The van der Waals surface area contributed by atoms with Gasteiger partial charge in [-0.3, -0.25) is 9.78 Å². The highest BCUT2D eigenvalue weighted by Gasteiger charge is 1.96. The summed E-state index contributed by atoms with van der Waals surface area (Å²) in [5.74, 6) is 0.641. The van der Waals surface area contributed by atoms with Crippen LogP contribution in [0.5, 0.6) is 5.75 Å². The van der Waals surface area contributed by atoms with Crippen molar-refractivity contribution in [2.75, 3.05) is 0 Å². The lowest BCUT2D eigenvalue weighted by atomic mass is 10.3. The molecule has 0 aromatic carbocycles. The summed E-state index contributed by atoms with van der Waals surface area (Å²) in [5.41, 5.74) is 1.44. The Bertz CT molecular complexity index is 454. The Balaban J connectivity index is 1.97. The van der Waals surface area contributed by atoms with Crippen molar-refractivity contribution in [3.8, 4) is 5.75 Å². The Labute approximate surface area is 92.9 Å². The van der Waals surface area contributed by atoms with E-state index in [1.165, 1.54) is 6.20 Å². The minimum Gasteiger partial charge on any atom is -0.487 e. The van der Waals surface area contributed by atoms with Crippen LogP contribution in [-0.4, -0.2) is 16.3 Å². The number of rotatable bonds is 4. The summed E-state index contributed by atoms with van der Waals surface area (Å²) in [5, 5.41) is 0. The Morgan fingerprint density at radius 1 is 1.19 bits per heavy atom. The maximum Gasteiger partial charge on any atom is 0.168 e. The van der Waals surface area contributed by atoms with Gasteiger partial charge in [-0.2, -0.15) is 0 Å². The maximum absolute atomic E-state index is 10.4. The molecule has 0 aliphatic rings. The smallest absolute Gasteiger partial charge is 0.168 e. The minimum absolute atomic E-state index is 0.399. The van der Waals surface area contributed by atoms with Gasteiger partial charge >= 0.3 is 0 Å². The van der Waals surface area contributed by atoms with Crippen LogP contribution in [0.4, 0.5) is 0 Å². The first-order chi connectivity index (χ1) is 7.88. The van der Waals surface area contributed by atoms with E-state index < -0.39 is 0 Å². The van der Waals surface area contributed by atoms with E-state index >= 15 is 0 Å². The molecule has 0 saturated heterocycles. The average Bonchev–Trinajstić information content (AvgIpc) is 2.38. The molecule has 0 fully saturated rings. The molecule has 2 heterocycles. The molecule has 0 saturated carbocycles. The molecule has 0 amide bonds. The highest BCUT2D eigenvalue weighted by Crippen LogP contribution is 2.10. The maximum atomic E-state index is 10.4. The quantitative estimate of drug-likeness (QED) is 0.729. The topological polar surface area (TPSA) is 52.1 Å². The van der Waals surface area contributed by atoms with Crippen molar-refractivity contribution in [3.05, 3.63) is 54.1 Å². The SMILES string of the molecule is O=Cc1ccc(OCc2ccncc2)cn1. The van der Waals surface area contributed by atoms with Crippen LogP contribution >= 0.6 is 0 Å². The molecule has 0 N–H and O–H groups in total. The molecule has 2 aromatic rings. The van der Waals surface area contributed by atoms with Crippen LogP contribution in [0.25, 0.3) is 0 Å². The summed E-state index contributed by atoms with van der Waals surface area (Å²) in [7, 11) is 0. The average molecular weight is 214 g/mol. The number of hydrogen-bond acceptors (Lipinski definition) is 4. The van der Waals surface area contributed by atoms with E-state index in [-0.39, 0.29) is 0 Å². The molecule has 0 spiro atoms. The number of aromatic nitrogens is 2. The largest absolute Gasteiger partial charge is 0.487 e. The van der Waals surface area contributed by atoms with Gasteiger partial charge in [-0.05, 0) is 29.8 Å². The van der Waals surface area contributed by atoms with Crippen molar-refractivity contribution in [2.45, 2.75) is 6.61 Å². The number of nitrogens with zero attached hydrogens (tertiary/aromatic N) is 2. The fourth-order valence-electron chi connectivity index (χ4n) is 1.19. The van der Waals surface area contributed by atoms with Crippen molar-refractivity contribution >= 4 is 6.29 Å². The highest BCUT2D eigenvalue weighted by atomic mass is 16.5. The standard InChI is InChI=1S/C12H10N2O2/c15-8-11-1-2-12(7-14-11)16-9-10-3-5-13-6-4-10/h1-8H,9H2. The number of carbonyl (C=O) groups excluding carboxylic acids is 1. The summed E-state index contributed by atoms with van der Waals surface area (Å²) < 4.78 is 5.49. The van der Waals surface area contributed by atoms with Gasteiger partial charge in [0.2, 0.25) is 0 Å². The van der Waals surface area contributed by atoms with Crippen molar-refractivity contribution in [1.29, 1.82) is 0 Å². The summed E-state index contributed by atoms with van der Waals surface area (Å²) in [6.45, 7) is 0.463. The number of ether oxygens (including phenoxy) is 1. The number of pyridine rings is 2. The van der Waals surface area contributed by atoms with Crippen molar-refractivity contribution in [3.63, 3.8) is 0 Å². The van der Waals surface area contributed by atoms with Crippen LogP contribution in [0.1, 0.15) is 16.1 Å². The molecule has 0 bridgehead atoms. The molecule has 4 nitrogen and oxygen atoms in total. The van der Waals surface area contributed by atoms with Crippen LogP contribution in [0, 0.1) is 0 Å². The van der Waals surface area contributed by atoms with Crippen molar-refractivity contribution in [2.24, 2.45) is 0 Å². The minimum atomic E-state index is 0.399. The molecule has 16 heavy (non-hydrogen) atoms. The summed E-state index contributed by atoms with van der Waals surface area (Å²) in [6.07, 6.45) is 5.66. The summed E-state index contributed by atoms with van der Waals surface area (Å²) >= 11 is 0. The zero-order chi connectivity index (χ0) is 11.2. The Kier molecular flexibility index (Phi) is 3.23. The van der Waals surface area contributed by atoms with Gasteiger partial charge in [0.25, 0.3) is 0 Å². The molecule has 80 valence electrons. The second kappa shape index (κ2) is 5.02. The predicted molar refractivity (Wildman–Crippen MR) is 58.2 cm³/mol.